The summed E-state index contributed by atoms with van der Waals surface area (Å²) in [6.45, 7) is 5.44. The summed E-state index contributed by atoms with van der Waals surface area (Å²) in [5.41, 5.74) is -0.446. The maximum Gasteiger partial charge on any atom is 0.0518 e. The smallest absolute Gasteiger partial charge is 0.0518 e. The van der Waals surface area contributed by atoms with E-state index in [0.717, 1.165) is 13.0 Å². The van der Waals surface area contributed by atoms with Gasteiger partial charge in [0.25, 0.3) is 0 Å². The number of hydrogen-bond donors (Lipinski definition) is 4. The van der Waals surface area contributed by atoms with Gasteiger partial charge in [0.15, 0.2) is 0 Å². The van der Waals surface area contributed by atoms with Crippen molar-refractivity contribution in [2.75, 3.05) is 32.9 Å². The molecule has 4 nitrogen and oxygen atoms in total. The second kappa shape index (κ2) is 7.17. The second-order valence-corrected chi connectivity index (χ2v) is 4.38. The SMILES string of the molecule is CC(CCO)CNCC(C)(CO)CO. The largest absolute Gasteiger partial charge is 0.396 e. The first-order chi connectivity index (χ1) is 6.58. The van der Waals surface area contributed by atoms with Crippen molar-refractivity contribution >= 4 is 0 Å². The van der Waals surface area contributed by atoms with Crippen LogP contribution in [-0.2, 0) is 0 Å². The summed E-state index contributed by atoms with van der Waals surface area (Å²) >= 11 is 0. The zero-order chi connectivity index (χ0) is 11.0. The monoisotopic (exact) mass is 205 g/mol. The molecule has 4 N–H and O–H groups in total. The summed E-state index contributed by atoms with van der Waals surface area (Å²) in [5.74, 6) is 0.418. The Kier molecular flexibility index (Phi) is 7.09. The highest BCUT2D eigenvalue weighted by molar-refractivity contribution is 4.75. The molecule has 0 spiro atoms. The highest BCUT2D eigenvalue weighted by atomic mass is 16.3. The summed E-state index contributed by atoms with van der Waals surface area (Å²) in [7, 11) is 0. The van der Waals surface area contributed by atoms with Gasteiger partial charge in [0.2, 0.25) is 0 Å². The lowest BCUT2D eigenvalue weighted by Gasteiger charge is -2.25. The van der Waals surface area contributed by atoms with Crippen molar-refractivity contribution in [3.63, 3.8) is 0 Å². The fourth-order valence-corrected chi connectivity index (χ4v) is 1.10. The third-order valence-corrected chi connectivity index (χ3v) is 2.43. The summed E-state index contributed by atoms with van der Waals surface area (Å²) in [6, 6.07) is 0. The molecule has 4 heteroatoms. The Morgan fingerprint density at radius 3 is 2.21 bits per heavy atom. The van der Waals surface area contributed by atoms with Crippen LogP contribution in [0.25, 0.3) is 0 Å². The highest BCUT2D eigenvalue weighted by Crippen LogP contribution is 2.12. The van der Waals surface area contributed by atoms with Gasteiger partial charge >= 0.3 is 0 Å². The minimum absolute atomic E-state index is 0.0229. The first-order valence-corrected chi connectivity index (χ1v) is 5.11. The van der Waals surface area contributed by atoms with Gasteiger partial charge < -0.3 is 20.6 Å². The van der Waals surface area contributed by atoms with Crippen molar-refractivity contribution in [2.45, 2.75) is 20.3 Å². The van der Waals surface area contributed by atoms with E-state index in [9.17, 15) is 0 Å². The molecule has 0 aromatic heterocycles. The van der Waals surface area contributed by atoms with Crippen LogP contribution < -0.4 is 5.32 Å². The van der Waals surface area contributed by atoms with Crippen molar-refractivity contribution in [2.24, 2.45) is 11.3 Å². The van der Waals surface area contributed by atoms with E-state index < -0.39 is 5.41 Å². The maximum atomic E-state index is 9.01. The van der Waals surface area contributed by atoms with Gasteiger partial charge in [0.05, 0.1) is 13.2 Å². The Morgan fingerprint density at radius 2 is 1.79 bits per heavy atom. The van der Waals surface area contributed by atoms with Gasteiger partial charge in [0.1, 0.15) is 0 Å². The molecule has 0 aliphatic carbocycles. The molecule has 0 bridgehead atoms. The maximum absolute atomic E-state index is 9.01. The Morgan fingerprint density at radius 1 is 1.21 bits per heavy atom. The van der Waals surface area contributed by atoms with E-state index in [0.29, 0.717) is 12.5 Å². The number of rotatable bonds is 8. The van der Waals surface area contributed by atoms with E-state index in [2.05, 4.69) is 12.2 Å². The molecule has 0 radical (unpaired) electrons. The summed E-state index contributed by atoms with van der Waals surface area (Å²) in [6.07, 6.45) is 0.780. The van der Waals surface area contributed by atoms with Gasteiger partial charge in [-0.15, -0.1) is 0 Å². The number of nitrogens with one attached hydrogen (secondary N) is 1. The van der Waals surface area contributed by atoms with Crippen molar-refractivity contribution in [3.05, 3.63) is 0 Å². The average molecular weight is 205 g/mol. The molecule has 0 amide bonds. The van der Waals surface area contributed by atoms with Gasteiger partial charge in [-0.2, -0.15) is 0 Å². The zero-order valence-corrected chi connectivity index (χ0v) is 9.16. The van der Waals surface area contributed by atoms with Gasteiger partial charge in [-0.1, -0.05) is 13.8 Å². The molecular formula is C10H23NO3. The quantitative estimate of drug-likeness (QED) is 0.434. The van der Waals surface area contributed by atoms with Crippen LogP contribution >= 0.6 is 0 Å². The molecule has 0 aromatic carbocycles. The van der Waals surface area contributed by atoms with Crippen LogP contribution in [0, 0.1) is 11.3 Å². The van der Waals surface area contributed by atoms with E-state index in [-0.39, 0.29) is 19.8 Å². The molecule has 0 heterocycles. The number of hydrogen-bond acceptors (Lipinski definition) is 4. The first-order valence-electron chi connectivity index (χ1n) is 5.11. The molecule has 0 aliphatic rings. The summed E-state index contributed by atoms with van der Waals surface area (Å²) in [5, 5.41) is 29.9. The summed E-state index contributed by atoms with van der Waals surface area (Å²) in [4.78, 5) is 0. The third-order valence-electron chi connectivity index (χ3n) is 2.43. The molecule has 0 saturated carbocycles. The van der Waals surface area contributed by atoms with E-state index in [1.165, 1.54) is 0 Å². The van der Waals surface area contributed by atoms with Crippen LogP contribution in [0.5, 0.6) is 0 Å². The van der Waals surface area contributed by atoms with Crippen LogP contribution in [0.3, 0.4) is 0 Å². The highest BCUT2D eigenvalue weighted by Gasteiger charge is 2.21. The Hall–Kier alpha value is -0.160. The molecule has 0 saturated heterocycles. The first kappa shape index (κ1) is 13.8. The van der Waals surface area contributed by atoms with E-state index in [4.69, 9.17) is 15.3 Å². The average Bonchev–Trinajstić information content (AvgIpc) is 2.18. The second-order valence-electron chi connectivity index (χ2n) is 4.38. The molecule has 14 heavy (non-hydrogen) atoms. The van der Waals surface area contributed by atoms with Crippen LogP contribution in [0.2, 0.25) is 0 Å². The van der Waals surface area contributed by atoms with Crippen LogP contribution in [-0.4, -0.2) is 48.2 Å². The normalized spacial score (nSPS) is 14.4. The van der Waals surface area contributed by atoms with Crippen LogP contribution in [0.1, 0.15) is 20.3 Å². The topological polar surface area (TPSA) is 72.7 Å². The standard InChI is InChI=1S/C10H23NO3/c1-9(3-4-12)5-11-6-10(2,7-13)8-14/h9,11-14H,3-8H2,1-2H3. The molecule has 0 rings (SSSR count). The zero-order valence-electron chi connectivity index (χ0n) is 9.16. The minimum atomic E-state index is -0.446. The Bertz CT molecular complexity index is 137. The van der Waals surface area contributed by atoms with Gasteiger partial charge in [-0.3, -0.25) is 0 Å². The number of aliphatic hydroxyl groups is 3. The molecule has 86 valence electrons. The van der Waals surface area contributed by atoms with Crippen molar-refractivity contribution in [1.29, 1.82) is 0 Å². The van der Waals surface area contributed by atoms with Crippen LogP contribution in [0.15, 0.2) is 0 Å². The summed E-state index contributed by atoms with van der Waals surface area (Å²) < 4.78 is 0. The van der Waals surface area contributed by atoms with E-state index in [1.54, 1.807) is 0 Å². The predicted octanol–water partition coefficient (Wildman–Crippen LogP) is -0.415. The molecule has 1 unspecified atom stereocenters. The molecule has 0 aromatic rings. The lowest BCUT2D eigenvalue weighted by Crippen LogP contribution is -2.39. The van der Waals surface area contributed by atoms with Gasteiger partial charge in [-0.25, -0.2) is 0 Å². The van der Waals surface area contributed by atoms with Gasteiger partial charge in [0, 0.05) is 18.6 Å². The van der Waals surface area contributed by atoms with Crippen molar-refractivity contribution in [3.8, 4) is 0 Å². The third kappa shape index (κ3) is 5.54. The lowest BCUT2D eigenvalue weighted by atomic mass is 9.93. The molecule has 1 atom stereocenters. The fourth-order valence-electron chi connectivity index (χ4n) is 1.10. The molecule has 0 fully saturated rings. The van der Waals surface area contributed by atoms with E-state index in [1.807, 2.05) is 6.92 Å². The molecule has 0 aliphatic heterocycles. The van der Waals surface area contributed by atoms with Crippen LogP contribution in [0.4, 0.5) is 0 Å². The Labute approximate surface area is 86.0 Å². The van der Waals surface area contributed by atoms with Crippen molar-refractivity contribution in [1.82, 2.24) is 5.32 Å². The van der Waals surface area contributed by atoms with Gasteiger partial charge in [-0.05, 0) is 18.9 Å². The lowest BCUT2D eigenvalue weighted by molar-refractivity contribution is 0.0688. The van der Waals surface area contributed by atoms with Crippen molar-refractivity contribution < 1.29 is 15.3 Å². The molecular weight excluding hydrogens is 182 g/mol. The fraction of sp³-hybridized carbons (Fsp3) is 1.00. The minimum Gasteiger partial charge on any atom is -0.396 e. The predicted molar refractivity (Wildman–Crippen MR) is 56.0 cm³/mol. The van der Waals surface area contributed by atoms with E-state index >= 15 is 0 Å². The number of aliphatic hydroxyl groups excluding tert-OH is 3. The Balaban J connectivity index is 3.61.